The van der Waals surface area contributed by atoms with Gasteiger partial charge in [0, 0.05) is 0 Å². The lowest BCUT2D eigenvalue weighted by Crippen LogP contribution is -2.68. The minimum absolute atomic E-state index is 0.393. The van der Waals surface area contributed by atoms with Crippen molar-refractivity contribution in [3.05, 3.63) is 29.3 Å². The van der Waals surface area contributed by atoms with E-state index in [-0.39, 0.29) is 0 Å². The summed E-state index contributed by atoms with van der Waals surface area (Å²) in [5, 5.41) is 82.5. The van der Waals surface area contributed by atoms with Crippen LogP contribution in [0.25, 0.3) is 0 Å². The van der Waals surface area contributed by atoms with Crippen LogP contribution in [0.4, 0.5) is 0 Å². The summed E-state index contributed by atoms with van der Waals surface area (Å²) in [6, 6.07) is 1.60. The van der Waals surface area contributed by atoms with Crippen molar-refractivity contribution in [2.45, 2.75) is 83.6 Å². The summed E-state index contributed by atoms with van der Waals surface area (Å²) in [7, 11) is 0. The first-order valence-corrected chi connectivity index (χ1v) is 12.6. The highest BCUT2D eigenvalue weighted by Gasteiger charge is 2.66. The van der Waals surface area contributed by atoms with Crippen LogP contribution >= 0.6 is 0 Å². The van der Waals surface area contributed by atoms with E-state index in [9.17, 15) is 55.2 Å². The van der Waals surface area contributed by atoms with Crippen LogP contribution in [0.15, 0.2) is 23.8 Å². The van der Waals surface area contributed by atoms with Gasteiger partial charge in [0.25, 0.3) is 0 Å². The van der Waals surface area contributed by atoms with Crippen molar-refractivity contribution in [1.82, 2.24) is 0 Å². The molecule has 1 aliphatic carbocycles. The van der Waals surface area contributed by atoms with Crippen molar-refractivity contribution in [2.75, 3.05) is 6.61 Å². The Bertz CT molecular complexity index is 1240. The molecule has 41 heavy (non-hydrogen) atoms. The number of phenols is 3. The zero-order valence-electron chi connectivity index (χ0n) is 23.4. The van der Waals surface area contributed by atoms with Crippen molar-refractivity contribution in [3.63, 3.8) is 0 Å². The number of carbonyl (C=O) groups is 3. The molecule has 2 aliphatic rings. The summed E-state index contributed by atoms with van der Waals surface area (Å²) in [5.41, 5.74) is -6.09. The molecule has 1 aromatic rings. The molecule has 1 aromatic carbocycles. The number of aliphatic hydroxyl groups excluding tert-OH is 3. The van der Waals surface area contributed by atoms with Crippen LogP contribution in [-0.4, -0.2) is 107 Å². The van der Waals surface area contributed by atoms with E-state index >= 15 is 0 Å². The van der Waals surface area contributed by atoms with E-state index in [1.54, 1.807) is 0 Å². The molecule has 0 aromatic heterocycles. The van der Waals surface area contributed by atoms with Crippen LogP contribution in [0.3, 0.4) is 0 Å². The molecule has 228 valence electrons. The van der Waals surface area contributed by atoms with Gasteiger partial charge in [0.1, 0.15) is 31.0 Å². The van der Waals surface area contributed by atoms with Gasteiger partial charge in [-0.05, 0) is 59.8 Å². The number of rotatable bonds is 6. The van der Waals surface area contributed by atoms with Crippen LogP contribution in [0.5, 0.6) is 17.2 Å². The largest absolute Gasteiger partial charge is 0.504 e. The number of esters is 1. The van der Waals surface area contributed by atoms with Crippen molar-refractivity contribution in [2.24, 2.45) is 10.8 Å². The van der Waals surface area contributed by atoms with Crippen molar-refractivity contribution in [3.8, 4) is 17.2 Å². The Labute approximate surface area is 235 Å². The van der Waals surface area contributed by atoms with Gasteiger partial charge in [-0.1, -0.05) is 0 Å². The fourth-order valence-corrected chi connectivity index (χ4v) is 4.88. The second-order valence-electron chi connectivity index (χ2n) is 11.9. The van der Waals surface area contributed by atoms with Gasteiger partial charge in [-0.2, -0.15) is 0 Å². The average Bonchev–Trinajstić information content (AvgIpc) is 2.87. The van der Waals surface area contributed by atoms with Crippen LogP contribution < -0.4 is 0 Å². The topological polar surface area (TPSA) is 241 Å². The molecule has 1 saturated carbocycles. The highest BCUT2D eigenvalue weighted by Crippen LogP contribution is 2.51. The number of aliphatic hydroxyl groups is 5. The number of phenolic OH excluding ortho intramolecular Hbond substituents is 3. The molecule has 14 nitrogen and oxygen atoms in total. The van der Waals surface area contributed by atoms with Gasteiger partial charge >= 0.3 is 5.97 Å². The fraction of sp³-hybridized carbons (Fsp3) is 0.593. The van der Waals surface area contributed by atoms with E-state index in [0.717, 1.165) is 18.2 Å². The first-order valence-electron chi connectivity index (χ1n) is 12.6. The third-order valence-corrected chi connectivity index (χ3v) is 7.30. The maximum Gasteiger partial charge on any atom is 0.338 e. The summed E-state index contributed by atoms with van der Waals surface area (Å²) in [5.74, 6) is -8.07. The molecule has 3 rings (SSSR count). The normalized spacial score (nSPS) is 32.7. The van der Waals surface area contributed by atoms with Gasteiger partial charge in [0.2, 0.25) is 5.79 Å². The van der Waals surface area contributed by atoms with E-state index in [4.69, 9.17) is 14.2 Å². The molecule has 1 aliphatic heterocycles. The molecule has 6 atom stereocenters. The lowest BCUT2D eigenvalue weighted by atomic mass is 9.57. The molecule has 2 fully saturated rings. The highest BCUT2D eigenvalue weighted by molar-refractivity contribution is 6.19. The minimum Gasteiger partial charge on any atom is -0.504 e. The second kappa shape index (κ2) is 10.6. The van der Waals surface area contributed by atoms with Crippen molar-refractivity contribution >= 4 is 17.5 Å². The van der Waals surface area contributed by atoms with Gasteiger partial charge in [-0.15, -0.1) is 0 Å². The molecule has 14 heteroatoms. The Kier molecular flexibility index (Phi) is 8.39. The molecule has 0 spiro atoms. The Morgan fingerprint density at radius 2 is 1.54 bits per heavy atom. The molecule has 0 amide bonds. The molecular weight excluding hydrogens is 548 g/mol. The number of ketones is 2. The van der Waals surface area contributed by atoms with E-state index in [1.165, 1.54) is 41.5 Å². The summed E-state index contributed by atoms with van der Waals surface area (Å²) < 4.78 is 16.2. The third kappa shape index (κ3) is 5.68. The Morgan fingerprint density at radius 3 is 2.05 bits per heavy atom. The number of carbonyl (C=O) groups excluding carboxylic acids is 3. The van der Waals surface area contributed by atoms with E-state index in [0.29, 0.717) is 0 Å². The maximum atomic E-state index is 13.4. The first kappa shape index (κ1) is 32.4. The predicted molar refractivity (Wildman–Crippen MR) is 136 cm³/mol. The third-order valence-electron chi connectivity index (χ3n) is 7.30. The van der Waals surface area contributed by atoms with Crippen molar-refractivity contribution in [1.29, 1.82) is 0 Å². The Morgan fingerprint density at radius 1 is 1.00 bits per heavy atom. The molecule has 0 bridgehead atoms. The van der Waals surface area contributed by atoms with Crippen LogP contribution in [0.2, 0.25) is 0 Å². The number of benzene rings is 1. The fourth-order valence-electron chi connectivity index (χ4n) is 4.88. The van der Waals surface area contributed by atoms with Crippen LogP contribution in [-0.2, 0) is 23.8 Å². The van der Waals surface area contributed by atoms with E-state index in [1.807, 2.05) is 0 Å². The van der Waals surface area contributed by atoms with Crippen molar-refractivity contribution < 1.29 is 69.4 Å². The Hall–Kier alpha value is -3.11. The number of aromatic hydroxyl groups is 3. The summed E-state index contributed by atoms with van der Waals surface area (Å²) in [6.07, 6.45) is -8.48. The monoisotopic (exact) mass is 584 g/mol. The summed E-state index contributed by atoms with van der Waals surface area (Å²) in [4.78, 5) is 39.2. The number of Topliss-reactive ketones (excluding diaryl/α,β-unsaturated/α-hetero) is 2. The zero-order chi connectivity index (χ0) is 31.5. The quantitative estimate of drug-likeness (QED) is 0.0683. The lowest BCUT2D eigenvalue weighted by molar-refractivity contribution is -0.369. The standard InChI is InChI=1S/C27H36O14/c1-24(2,37)9-12-20(34)25(3,4)23(36)26(5,6)27(12,38)41-22-19(33)18(32)17(31)15(40-22)10-39-21(35)11-7-13(28)16(30)14(29)8-11/h7-9,15,17-19,22,28-33,37-38H,10H2,1-6H3/t15-,17-,18+,19-,22-,27+/m1/s1. The average molecular weight is 585 g/mol. The first-order chi connectivity index (χ1) is 18.6. The number of hydrogen-bond acceptors (Lipinski definition) is 14. The van der Waals surface area contributed by atoms with Gasteiger partial charge in [-0.25, -0.2) is 4.79 Å². The second-order valence-corrected chi connectivity index (χ2v) is 11.9. The predicted octanol–water partition coefficient (Wildman–Crippen LogP) is -0.626. The molecule has 1 saturated heterocycles. The molecule has 0 radical (unpaired) electrons. The SMILES string of the molecule is CC(C)(O)C=C1C(=O)C(C)(C)C(=O)C(C)(C)[C@@]1(O)O[C@H]1O[C@H](COC(=O)c2cc(O)c(O)c(O)c2)[C@@H](O)[C@H](O)[C@H]1O. The van der Waals surface area contributed by atoms with E-state index in [2.05, 4.69) is 0 Å². The van der Waals surface area contributed by atoms with Gasteiger partial charge in [0.05, 0.1) is 27.6 Å². The number of hydrogen-bond donors (Lipinski definition) is 8. The molecule has 8 N–H and O–H groups in total. The maximum absolute atomic E-state index is 13.4. The zero-order valence-corrected chi connectivity index (χ0v) is 23.4. The highest BCUT2D eigenvalue weighted by atomic mass is 16.8. The van der Waals surface area contributed by atoms with Gasteiger partial charge < -0.3 is 55.1 Å². The van der Waals surface area contributed by atoms with Gasteiger partial charge in [-0.3, -0.25) is 9.59 Å². The summed E-state index contributed by atoms with van der Waals surface area (Å²) >= 11 is 0. The van der Waals surface area contributed by atoms with Crippen LogP contribution in [0, 0.1) is 10.8 Å². The van der Waals surface area contributed by atoms with Gasteiger partial charge in [0.15, 0.2) is 35.1 Å². The molecular formula is C27H36O14. The Balaban J connectivity index is 1.93. The van der Waals surface area contributed by atoms with Crippen LogP contribution in [0.1, 0.15) is 51.9 Å². The molecule has 1 heterocycles. The smallest absolute Gasteiger partial charge is 0.338 e. The minimum atomic E-state index is -2.81. The van der Waals surface area contributed by atoms with E-state index < -0.39 is 105 Å². The lowest BCUT2D eigenvalue weighted by Gasteiger charge is -2.52. The molecule has 0 unspecified atom stereocenters. The number of ether oxygens (including phenoxy) is 3. The summed E-state index contributed by atoms with van der Waals surface area (Å²) in [6.45, 7) is 7.10.